The van der Waals surface area contributed by atoms with Gasteiger partial charge in [-0.3, -0.25) is 0 Å². The molecule has 0 N–H and O–H groups in total. The Bertz CT molecular complexity index is 2790. The van der Waals surface area contributed by atoms with Crippen molar-refractivity contribution in [3.8, 4) is 22.5 Å². The molecule has 214 valence electrons. The van der Waals surface area contributed by atoms with Crippen molar-refractivity contribution in [2.75, 3.05) is 0 Å². The molecular formula is C44H28N2. The van der Waals surface area contributed by atoms with E-state index in [1.807, 2.05) is 0 Å². The minimum Gasteiger partial charge on any atom is -0.307 e. The summed E-state index contributed by atoms with van der Waals surface area (Å²) in [5.41, 5.74) is 9.62. The number of rotatable bonds is 3. The topological polar surface area (TPSA) is 9.86 Å². The van der Waals surface area contributed by atoms with Gasteiger partial charge < -0.3 is 9.13 Å². The van der Waals surface area contributed by atoms with Crippen LogP contribution in [0, 0.1) is 0 Å². The van der Waals surface area contributed by atoms with Crippen molar-refractivity contribution in [2.45, 2.75) is 0 Å². The number of benzene rings is 8. The van der Waals surface area contributed by atoms with Crippen molar-refractivity contribution in [1.29, 1.82) is 0 Å². The van der Waals surface area contributed by atoms with Crippen LogP contribution < -0.4 is 0 Å². The number of para-hydroxylation sites is 1. The molecule has 2 nitrogen and oxygen atoms in total. The van der Waals surface area contributed by atoms with Gasteiger partial charge in [-0.25, -0.2) is 0 Å². The lowest BCUT2D eigenvalue weighted by Gasteiger charge is -2.15. The van der Waals surface area contributed by atoms with Gasteiger partial charge in [-0.15, -0.1) is 0 Å². The van der Waals surface area contributed by atoms with Gasteiger partial charge in [0.15, 0.2) is 0 Å². The van der Waals surface area contributed by atoms with Gasteiger partial charge in [0.25, 0.3) is 0 Å². The summed E-state index contributed by atoms with van der Waals surface area (Å²) in [6, 6.07) is 62.0. The number of hydrogen-bond acceptors (Lipinski definition) is 0. The third-order valence-corrected chi connectivity index (χ3v) is 9.67. The van der Waals surface area contributed by atoms with Gasteiger partial charge in [-0.2, -0.15) is 0 Å². The summed E-state index contributed by atoms with van der Waals surface area (Å²) in [5, 5.41) is 10.1. The molecule has 10 aromatic rings. The first-order chi connectivity index (χ1) is 22.8. The first-order valence-electron chi connectivity index (χ1n) is 15.9. The molecule has 0 saturated carbocycles. The Morgan fingerprint density at radius 2 is 0.957 bits per heavy atom. The van der Waals surface area contributed by atoms with Crippen LogP contribution in [-0.4, -0.2) is 9.13 Å². The van der Waals surface area contributed by atoms with Gasteiger partial charge in [-0.1, -0.05) is 140 Å². The lowest BCUT2D eigenvalue weighted by Crippen LogP contribution is -1.99. The molecule has 46 heavy (non-hydrogen) atoms. The summed E-state index contributed by atoms with van der Waals surface area (Å²) in [4.78, 5) is 0. The van der Waals surface area contributed by atoms with E-state index < -0.39 is 0 Å². The molecular weight excluding hydrogens is 556 g/mol. The average molecular weight is 585 g/mol. The van der Waals surface area contributed by atoms with Crippen LogP contribution in [0.3, 0.4) is 0 Å². The highest BCUT2D eigenvalue weighted by Crippen LogP contribution is 2.44. The van der Waals surface area contributed by atoms with Crippen LogP contribution in [-0.2, 0) is 0 Å². The highest BCUT2D eigenvalue weighted by molar-refractivity contribution is 6.28. The van der Waals surface area contributed by atoms with Crippen molar-refractivity contribution in [3.05, 3.63) is 170 Å². The minimum absolute atomic E-state index is 1.15. The van der Waals surface area contributed by atoms with Gasteiger partial charge in [0.05, 0.1) is 27.8 Å². The van der Waals surface area contributed by atoms with Crippen molar-refractivity contribution in [2.24, 2.45) is 0 Å². The van der Waals surface area contributed by atoms with Crippen LogP contribution in [0.2, 0.25) is 0 Å². The fraction of sp³-hybridized carbons (Fsp3) is 0. The molecule has 0 aliphatic carbocycles. The second-order valence-corrected chi connectivity index (χ2v) is 12.1. The number of aromatic nitrogens is 2. The second-order valence-electron chi connectivity index (χ2n) is 12.1. The summed E-state index contributed by atoms with van der Waals surface area (Å²) in [6.07, 6.45) is 0. The van der Waals surface area contributed by atoms with E-state index in [4.69, 9.17) is 0 Å². The predicted molar refractivity (Wildman–Crippen MR) is 196 cm³/mol. The molecule has 0 unspecified atom stereocenters. The van der Waals surface area contributed by atoms with Crippen LogP contribution in [0.1, 0.15) is 0 Å². The van der Waals surface area contributed by atoms with Crippen molar-refractivity contribution in [1.82, 2.24) is 9.13 Å². The smallest absolute Gasteiger partial charge is 0.0789 e. The molecule has 0 radical (unpaired) electrons. The molecule has 8 aromatic carbocycles. The van der Waals surface area contributed by atoms with Crippen molar-refractivity contribution < 1.29 is 0 Å². The molecule has 0 fully saturated rings. The third-order valence-electron chi connectivity index (χ3n) is 9.67. The SMILES string of the molecule is c1ccc(-c2cccc(-n3c4ccc5ccccc5c4c4ccc5c6ccccc6n(-c6cccc7ccccc67)c5c43)c2)cc1. The molecule has 0 saturated heterocycles. The molecule has 2 aromatic heterocycles. The Kier molecular flexibility index (Phi) is 5.31. The summed E-state index contributed by atoms with van der Waals surface area (Å²) in [6.45, 7) is 0. The summed E-state index contributed by atoms with van der Waals surface area (Å²) in [7, 11) is 0. The normalized spacial score (nSPS) is 11.9. The third kappa shape index (κ3) is 3.53. The van der Waals surface area contributed by atoms with E-state index in [2.05, 4.69) is 179 Å². The Balaban J connectivity index is 1.45. The predicted octanol–water partition coefficient (Wildman–Crippen LogP) is 11.9. The highest BCUT2D eigenvalue weighted by atomic mass is 15.0. The first-order valence-corrected chi connectivity index (χ1v) is 15.9. The van der Waals surface area contributed by atoms with Gasteiger partial charge in [0, 0.05) is 32.6 Å². The molecule has 0 atom stereocenters. The maximum atomic E-state index is 2.51. The van der Waals surface area contributed by atoms with E-state index in [1.54, 1.807) is 0 Å². The zero-order valence-electron chi connectivity index (χ0n) is 25.1. The second kappa shape index (κ2) is 9.69. The summed E-state index contributed by atoms with van der Waals surface area (Å²) in [5.74, 6) is 0. The maximum absolute atomic E-state index is 2.51. The molecule has 0 aliphatic heterocycles. The monoisotopic (exact) mass is 584 g/mol. The number of fused-ring (bicyclic) bond motifs is 10. The molecule has 10 rings (SSSR count). The van der Waals surface area contributed by atoms with Crippen LogP contribution >= 0.6 is 0 Å². The van der Waals surface area contributed by atoms with Crippen LogP contribution in [0.5, 0.6) is 0 Å². The molecule has 2 heteroatoms. The fourth-order valence-corrected chi connectivity index (χ4v) is 7.70. The lowest BCUT2D eigenvalue weighted by atomic mass is 10.0. The van der Waals surface area contributed by atoms with E-state index in [0.717, 1.165) is 5.69 Å². The highest BCUT2D eigenvalue weighted by Gasteiger charge is 2.23. The van der Waals surface area contributed by atoms with E-state index >= 15 is 0 Å². The zero-order chi connectivity index (χ0) is 30.2. The van der Waals surface area contributed by atoms with Crippen molar-refractivity contribution in [3.63, 3.8) is 0 Å². The Hall–Kier alpha value is -6.12. The Morgan fingerprint density at radius 3 is 1.83 bits per heavy atom. The average Bonchev–Trinajstić information content (AvgIpc) is 3.65. The van der Waals surface area contributed by atoms with E-state index in [0.29, 0.717) is 0 Å². The molecule has 0 spiro atoms. The molecule has 2 heterocycles. The van der Waals surface area contributed by atoms with Crippen molar-refractivity contribution >= 4 is 65.2 Å². The minimum atomic E-state index is 1.15. The summed E-state index contributed by atoms with van der Waals surface area (Å²) < 4.78 is 5.01. The van der Waals surface area contributed by atoms with Crippen LogP contribution in [0.25, 0.3) is 87.7 Å². The molecule has 0 amide bonds. The molecule has 0 bridgehead atoms. The summed E-state index contributed by atoms with van der Waals surface area (Å²) >= 11 is 0. The molecule has 0 aliphatic rings. The zero-order valence-corrected chi connectivity index (χ0v) is 25.1. The van der Waals surface area contributed by atoms with Crippen LogP contribution in [0.15, 0.2) is 170 Å². The van der Waals surface area contributed by atoms with E-state index in [-0.39, 0.29) is 0 Å². The quantitative estimate of drug-likeness (QED) is 0.195. The standard InChI is InChI=1S/C44H28N2/c1-2-12-29(13-3-1)32-17-10-18-33(28-32)45-41-27-24-31-15-5-7-20-35(31)42(41)38-26-25-37-36-21-8-9-22-40(36)46(43(37)44(38)45)39-23-11-16-30-14-4-6-19-34(30)39/h1-28H. The van der Waals surface area contributed by atoms with Gasteiger partial charge in [0.1, 0.15) is 0 Å². The van der Waals surface area contributed by atoms with Gasteiger partial charge in [-0.05, 0) is 57.6 Å². The number of hydrogen-bond donors (Lipinski definition) is 0. The van der Waals surface area contributed by atoms with E-state index in [1.165, 1.54) is 82.0 Å². The van der Waals surface area contributed by atoms with Gasteiger partial charge >= 0.3 is 0 Å². The maximum Gasteiger partial charge on any atom is 0.0789 e. The Labute approximate surface area is 266 Å². The largest absolute Gasteiger partial charge is 0.307 e. The first kappa shape index (κ1) is 25.2. The van der Waals surface area contributed by atoms with Gasteiger partial charge in [0.2, 0.25) is 0 Å². The number of nitrogens with zero attached hydrogens (tertiary/aromatic N) is 2. The fourth-order valence-electron chi connectivity index (χ4n) is 7.70. The van der Waals surface area contributed by atoms with E-state index in [9.17, 15) is 0 Å². The lowest BCUT2D eigenvalue weighted by molar-refractivity contribution is 1.16. The van der Waals surface area contributed by atoms with Crippen LogP contribution in [0.4, 0.5) is 0 Å². The Morgan fingerprint density at radius 1 is 0.326 bits per heavy atom.